The Hall–Kier alpha value is -1.55. The lowest BCUT2D eigenvalue weighted by atomic mass is 9.95. The van der Waals surface area contributed by atoms with E-state index in [0.717, 1.165) is 19.5 Å². The highest BCUT2D eigenvalue weighted by atomic mass is 16.6. The van der Waals surface area contributed by atoms with Crippen molar-refractivity contribution < 1.29 is 9.53 Å². The molecule has 0 bridgehead atoms. The van der Waals surface area contributed by atoms with E-state index in [4.69, 9.17) is 4.74 Å². The number of nitrogens with zero attached hydrogens (tertiary/aromatic N) is 1. The zero-order valence-electron chi connectivity index (χ0n) is 13.8. The fourth-order valence-corrected chi connectivity index (χ4v) is 2.84. The fraction of sp³-hybridized carbons (Fsp3) is 0.611. The number of carbonyl (C=O) groups is 1. The van der Waals surface area contributed by atoms with Gasteiger partial charge in [0.05, 0.1) is 0 Å². The van der Waals surface area contributed by atoms with E-state index >= 15 is 0 Å². The number of carbonyl (C=O) groups excluding carboxylic acids is 1. The second-order valence-corrected chi connectivity index (χ2v) is 7.36. The molecule has 1 fully saturated rings. The Labute approximate surface area is 132 Å². The third-order valence-corrected chi connectivity index (χ3v) is 4.18. The van der Waals surface area contributed by atoms with Gasteiger partial charge < -0.3 is 15.0 Å². The number of ether oxygens (including phenoxy) is 1. The normalized spacial score (nSPS) is 18.0. The van der Waals surface area contributed by atoms with Crippen molar-refractivity contribution >= 4 is 6.09 Å². The van der Waals surface area contributed by atoms with Crippen molar-refractivity contribution in [3.63, 3.8) is 0 Å². The molecule has 22 heavy (non-hydrogen) atoms. The van der Waals surface area contributed by atoms with Crippen LogP contribution in [-0.2, 0) is 24.2 Å². The molecule has 4 heteroatoms. The van der Waals surface area contributed by atoms with Crippen LogP contribution in [0.15, 0.2) is 18.2 Å². The van der Waals surface area contributed by atoms with Crippen molar-refractivity contribution in [2.75, 3.05) is 6.54 Å². The van der Waals surface area contributed by atoms with Crippen molar-refractivity contribution in [2.45, 2.75) is 64.8 Å². The van der Waals surface area contributed by atoms with Crippen molar-refractivity contribution in [2.24, 2.45) is 0 Å². The Balaban J connectivity index is 1.71. The van der Waals surface area contributed by atoms with Crippen molar-refractivity contribution in [1.29, 1.82) is 0 Å². The Morgan fingerprint density at radius 1 is 1.36 bits per heavy atom. The van der Waals surface area contributed by atoms with Gasteiger partial charge in [-0.15, -0.1) is 0 Å². The van der Waals surface area contributed by atoms with Crippen molar-refractivity contribution in [1.82, 2.24) is 10.2 Å². The van der Waals surface area contributed by atoms with Crippen LogP contribution in [0.25, 0.3) is 0 Å². The summed E-state index contributed by atoms with van der Waals surface area (Å²) in [7, 11) is 0. The van der Waals surface area contributed by atoms with Crippen LogP contribution in [0.2, 0.25) is 0 Å². The van der Waals surface area contributed by atoms with Crippen LogP contribution in [0, 0.1) is 0 Å². The molecule has 1 aliphatic heterocycles. The Kier molecular flexibility index (Phi) is 4.13. The van der Waals surface area contributed by atoms with Crippen molar-refractivity contribution in [3.8, 4) is 0 Å². The zero-order chi connectivity index (χ0) is 15.7. The molecule has 3 rings (SSSR count). The first-order valence-corrected chi connectivity index (χ1v) is 8.23. The molecule has 2 aliphatic rings. The highest BCUT2D eigenvalue weighted by Gasteiger charge is 2.27. The van der Waals surface area contributed by atoms with Gasteiger partial charge in [-0.3, -0.25) is 0 Å². The molecule has 1 aliphatic carbocycles. The molecule has 0 atom stereocenters. The van der Waals surface area contributed by atoms with Gasteiger partial charge >= 0.3 is 6.09 Å². The third-order valence-electron chi connectivity index (χ3n) is 4.18. The maximum atomic E-state index is 12.3. The van der Waals surface area contributed by atoms with Crippen LogP contribution >= 0.6 is 0 Å². The first-order chi connectivity index (χ1) is 10.4. The zero-order valence-corrected chi connectivity index (χ0v) is 13.8. The molecule has 1 heterocycles. The maximum absolute atomic E-state index is 12.3. The topological polar surface area (TPSA) is 41.6 Å². The number of benzene rings is 1. The molecule has 1 amide bonds. The summed E-state index contributed by atoms with van der Waals surface area (Å²) in [5.41, 5.74) is 3.55. The van der Waals surface area contributed by atoms with Gasteiger partial charge in [0.25, 0.3) is 0 Å². The van der Waals surface area contributed by atoms with E-state index in [2.05, 4.69) is 23.5 Å². The molecule has 0 radical (unpaired) electrons. The lowest BCUT2D eigenvalue weighted by Crippen LogP contribution is -2.40. The number of rotatable bonds is 3. The molecular weight excluding hydrogens is 276 g/mol. The second-order valence-electron chi connectivity index (χ2n) is 7.36. The molecule has 1 aromatic rings. The number of fused-ring (bicyclic) bond motifs is 1. The van der Waals surface area contributed by atoms with Crippen LogP contribution in [0.4, 0.5) is 4.79 Å². The summed E-state index contributed by atoms with van der Waals surface area (Å²) < 4.78 is 5.51. The molecule has 4 nitrogen and oxygen atoms in total. The summed E-state index contributed by atoms with van der Waals surface area (Å²) in [5, 5.41) is 3.57. The summed E-state index contributed by atoms with van der Waals surface area (Å²) >= 11 is 0. The Bertz CT molecular complexity index is 559. The van der Waals surface area contributed by atoms with Crippen LogP contribution in [0.3, 0.4) is 0 Å². The number of hydrogen-bond donors (Lipinski definition) is 1. The van der Waals surface area contributed by atoms with E-state index in [0.29, 0.717) is 12.6 Å². The van der Waals surface area contributed by atoms with E-state index < -0.39 is 5.60 Å². The predicted octanol–water partition coefficient (Wildman–Crippen LogP) is 3.23. The fourth-order valence-electron chi connectivity index (χ4n) is 2.84. The highest BCUT2D eigenvalue weighted by Crippen LogP contribution is 2.25. The monoisotopic (exact) mass is 302 g/mol. The summed E-state index contributed by atoms with van der Waals surface area (Å²) in [6.45, 7) is 8.03. The minimum absolute atomic E-state index is 0.205. The van der Waals surface area contributed by atoms with E-state index in [-0.39, 0.29) is 6.09 Å². The second kappa shape index (κ2) is 5.92. The smallest absolute Gasteiger partial charge is 0.410 e. The predicted molar refractivity (Wildman–Crippen MR) is 86.7 cm³/mol. The summed E-state index contributed by atoms with van der Waals surface area (Å²) in [5.74, 6) is 0. The molecule has 0 unspecified atom stereocenters. The largest absolute Gasteiger partial charge is 0.444 e. The van der Waals surface area contributed by atoms with Crippen molar-refractivity contribution in [3.05, 3.63) is 34.9 Å². The van der Waals surface area contributed by atoms with E-state index in [1.165, 1.54) is 29.5 Å². The molecule has 120 valence electrons. The molecular formula is C18H26N2O2. The molecule has 0 spiro atoms. The molecule has 0 aromatic heterocycles. The first kappa shape index (κ1) is 15.3. The van der Waals surface area contributed by atoms with E-state index in [9.17, 15) is 4.79 Å². The van der Waals surface area contributed by atoms with E-state index in [1.807, 2.05) is 25.7 Å². The van der Waals surface area contributed by atoms with Crippen LogP contribution in [0.1, 0.15) is 50.3 Å². The van der Waals surface area contributed by atoms with Crippen LogP contribution in [0.5, 0.6) is 0 Å². The average Bonchev–Trinajstić information content (AvgIpc) is 3.26. The number of hydrogen-bond acceptors (Lipinski definition) is 3. The van der Waals surface area contributed by atoms with Gasteiger partial charge in [-0.05, 0) is 56.7 Å². The molecule has 1 saturated carbocycles. The van der Waals surface area contributed by atoms with E-state index in [1.54, 1.807) is 0 Å². The van der Waals surface area contributed by atoms with Gasteiger partial charge in [0.15, 0.2) is 0 Å². The summed E-state index contributed by atoms with van der Waals surface area (Å²) in [6, 6.07) is 7.18. The minimum Gasteiger partial charge on any atom is -0.444 e. The number of nitrogens with one attached hydrogen (secondary N) is 1. The Morgan fingerprint density at radius 3 is 2.82 bits per heavy atom. The summed E-state index contributed by atoms with van der Waals surface area (Å²) in [4.78, 5) is 14.1. The first-order valence-electron chi connectivity index (χ1n) is 8.23. The quantitative estimate of drug-likeness (QED) is 0.932. The Morgan fingerprint density at radius 2 is 2.14 bits per heavy atom. The molecule has 0 saturated heterocycles. The number of amides is 1. The van der Waals surface area contributed by atoms with Gasteiger partial charge in [0.1, 0.15) is 5.60 Å². The van der Waals surface area contributed by atoms with Gasteiger partial charge in [-0.1, -0.05) is 18.2 Å². The third kappa shape index (κ3) is 3.80. The van der Waals surface area contributed by atoms with Gasteiger partial charge in [0, 0.05) is 25.7 Å². The molecule has 1 aromatic carbocycles. The maximum Gasteiger partial charge on any atom is 0.410 e. The minimum atomic E-state index is -0.440. The standard InChI is InChI=1S/C18H26N2O2/c1-18(2,3)22-17(21)20-10-9-13-5-4-6-14(16(13)12-20)11-19-15-7-8-15/h4-6,15,19H,7-12H2,1-3H3. The highest BCUT2D eigenvalue weighted by molar-refractivity contribution is 5.68. The van der Waals surface area contributed by atoms with Gasteiger partial charge in [0.2, 0.25) is 0 Å². The average molecular weight is 302 g/mol. The van der Waals surface area contributed by atoms with Crippen LogP contribution in [-0.4, -0.2) is 29.2 Å². The SMILES string of the molecule is CC(C)(C)OC(=O)N1CCc2cccc(CNC3CC3)c2C1. The molecule has 1 N–H and O–H groups in total. The lowest BCUT2D eigenvalue weighted by Gasteiger charge is -2.32. The van der Waals surface area contributed by atoms with Gasteiger partial charge in [-0.2, -0.15) is 0 Å². The summed E-state index contributed by atoms with van der Waals surface area (Å²) in [6.07, 6.45) is 3.28. The lowest BCUT2D eigenvalue weighted by molar-refractivity contribution is 0.0223. The van der Waals surface area contributed by atoms with Crippen LogP contribution < -0.4 is 5.32 Å². The van der Waals surface area contributed by atoms with Gasteiger partial charge in [-0.25, -0.2) is 4.79 Å².